The first kappa shape index (κ1) is 18.8. The van der Waals surface area contributed by atoms with Gasteiger partial charge in [-0.3, -0.25) is 0 Å². The van der Waals surface area contributed by atoms with Crippen LogP contribution in [0.15, 0.2) is 30.3 Å². The van der Waals surface area contributed by atoms with E-state index in [1.165, 1.54) is 37.7 Å². The van der Waals surface area contributed by atoms with E-state index in [4.69, 9.17) is 4.74 Å². The highest BCUT2D eigenvalue weighted by Gasteiger charge is 2.55. The zero-order valence-electron chi connectivity index (χ0n) is 17.0. The van der Waals surface area contributed by atoms with Crippen LogP contribution in [0.25, 0.3) is 0 Å². The van der Waals surface area contributed by atoms with Crippen molar-refractivity contribution in [1.29, 1.82) is 0 Å². The van der Waals surface area contributed by atoms with Crippen molar-refractivity contribution < 1.29 is 9.53 Å². The highest BCUT2D eigenvalue weighted by molar-refractivity contribution is 5.68. The molecule has 4 nitrogen and oxygen atoms in total. The summed E-state index contributed by atoms with van der Waals surface area (Å²) in [6.45, 7) is 7.83. The predicted molar refractivity (Wildman–Crippen MR) is 107 cm³/mol. The molecule has 0 heterocycles. The molecule has 2 N–H and O–H groups in total. The molecule has 4 fully saturated rings. The van der Waals surface area contributed by atoms with Crippen molar-refractivity contribution in [3.05, 3.63) is 35.9 Å². The van der Waals surface area contributed by atoms with Gasteiger partial charge in [0.1, 0.15) is 5.60 Å². The summed E-state index contributed by atoms with van der Waals surface area (Å²) >= 11 is 0. The molecular formula is C23H34N2O2. The van der Waals surface area contributed by atoms with Crippen LogP contribution in [-0.2, 0) is 11.3 Å². The number of nitrogens with one attached hydrogen (secondary N) is 2. The van der Waals surface area contributed by atoms with Crippen LogP contribution in [0, 0.1) is 23.2 Å². The van der Waals surface area contributed by atoms with Crippen molar-refractivity contribution in [3.63, 3.8) is 0 Å². The molecule has 4 aliphatic carbocycles. The zero-order chi connectivity index (χ0) is 19.1. The van der Waals surface area contributed by atoms with E-state index in [-0.39, 0.29) is 6.09 Å². The Morgan fingerprint density at radius 2 is 1.78 bits per heavy atom. The molecule has 0 aromatic heterocycles. The van der Waals surface area contributed by atoms with Crippen molar-refractivity contribution in [1.82, 2.24) is 10.6 Å². The van der Waals surface area contributed by atoms with Gasteiger partial charge in [-0.1, -0.05) is 30.3 Å². The van der Waals surface area contributed by atoms with Crippen LogP contribution in [0.2, 0.25) is 0 Å². The highest BCUT2D eigenvalue weighted by Crippen LogP contribution is 2.59. The molecule has 27 heavy (non-hydrogen) atoms. The SMILES string of the molecule is CC(C)(C)OC(=O)NC1C2CC3CC1CC(CNCc1ccccc1)(C3)C2. The van der Waals surface area contributed by atoms with E-state index in [1.807, 2.05) is 20.8 Å². The minimum Gasteiger partial charge on any atom is -0.444 e. The van der Waals surface area contributed by atoms with Crippen molar-refractivity contribution in [2.75, 3.05) is 6.54 Å². The Morgan fingerprint density at radius 3 is 2.41 bits per heavy atom. The van der Waals surface area contributed by atoms with E-state index in [0.29, 0.717) is 23.3 Å². The zero-order valence-corrected chi connectivity index (χ0v) is 17.0. The van der Waals surface area contributed by atoms with Crippen LogP contribution in [-0.4, -0.2) is 24.3 Å². The molecule has 2 atom stereocenters. The first-order valence-corrected chi connectivity index (χ1v) is 10.6. The van der Waals surface area contributed by atoms with Gasteiger partial charge in [0, 0.05) is 19.1 Å². The minimum atomic E-state index is -0.432. The van der Waals surface area contributed by atoms with Gasteiger partial charge in [0.05, 0.1) is 0 Å². The lowest BCUT2D eigenvalue weighted by atomic mass is 9.48. The maximum atomic E-state index is 12.3. The number of alkyl carbamates (subject to hydrolysis) is 1. The molecule has 4 saturated carbocycles. The molecule has 5 rings (SSSR count). The Bertz CT molecular complexity index is 651. The monoisotopic (exact) mass is 370 g/mol. The molecule has 4 bridgehead atoms. The predicted octanol–water partition coefficient (Wildman–Crippen LogP) is 4.50. The first-order valence-electron chi connectivity index (χ1n) is 10.6. The molecule has 2 unspecified atom stereocenters. The number of carbonyl (C=O) groups excluding carboxylic acids is 1. The maximum Gasteiger partial charge on any atom is 0.407 e. The highest BCUT2D eigenvalue weighted by atomic mass is 16.6. The summed E-state index contributed by atoms with van der Waals surface area (Å²) < 4.78 is 5.52. The number of ether oxygens (including phenoxy) is 1. The Balaban J connectivity index is 1.35. The average Bonchev–Trinajstić information content (AvgIpc) is 2.57. The van der Waals surface area contributed by atoms with Crippen LogP contribution < -0.4 is 10.6 Å². The number of hydrogen-bond acceptors (Lipinski definition) is 3. The lowest BCUT2D eigenvalue weighted by molar-refractivity contribution is -0.0759. The number of amides is 1. The smallest absolute Gasteiger partial charge is 0.407 e. The summed E-state index contributed by atoms with van der Waals surface area (Å²) in [6, 6.07) is 11.0. The molecule has 4 heteroatoms. The van der Waals surface area contributed by atoms with Crippen LogP contribution in [0.1, 0.15) is 58.4 Å². The van der Waals surface area contributed by atoms with E-state index in [9.17, 15) is 4.79 Å². The molecule has 1 aromatic carbocycles. The summed E-state index contributed by atoms with van der Waals surface area (Å²) in [4.78, 5) is 12.3. The van der Waals surface area contributed by atoms with E-state index in [0.717, 1.165) is 19.0 Å². The first-order chi connectivity index (χ1) is 12.8. The Kier molecular flexibility index (Phi) is 4.96. The van der Waals surface area contributed by atoms with Crippen molar-refractivity contribution in [3.8, 4) is 0 Å². The summed E-state index contributed by atoms with van der Waals surface area (Å²) in [5.41, 5.74) is 1.35. The van der Waals surface area contributed by atoms with Gasteiger partial charge in [-0.15, -0.1) is 0 Å². The number of benzene rings is 1. The van der Waals surface area contributed by atoms with E-state index in [1.54, 1.807) is 0 Å². The van der Waals surface area contributed by atoms with Crippen molar-refractivity contribution in [2.45, 2.75) is 71.1 Å². The van der Waals surface area contributed by atoms with Crippen molar-refractivity contribution >= 4 is 6.09 Å². The molecule has 0 saturated heterocycles. The van der Waals surface area contributed by atoms with Gasteiger partial charge in [0.25, 0.3) is 0 Å². The lowest BCUT2D eigenvalue weighted by Crippen LogP contribution is -2.61. The summed E-state index contributed by atoms with van der Waals surface area (Å²) in [5.74, 6) is 2.07. The molecule has 1 amide bonds. The quantitative estimate of drug-likeness (QED) is 0.802. The second-order valence-corrected chi connectivity index (χ2v) is 10.2. The van der Waals surface area contributed by atoms with Crippen LogP contribution in [0.4, 0.5) is 4.79 Å². The summed E-state index contributed by atoms with van der Waals surface area (Å²) in [6.07, 6.45) is 6.15. The molecule has 1 aromatic rings. The molecule has 148 valence electrons. The third kappa shape index (κ3) is 4.31. The fraction of sp³-hybridized carbons (Fsp3) is 0.696. The molecule has 0 aliphatic heterocycles. The molecule has 0 radical (unpaired) electrons. The van der Waals surface area contributed by atoms with E-state index in [2.05, 4.69) is 41.0 Å². The number of rotatable bonds is 5. The van der Waals surface area contributed by atoms with Crippen LogP contribution in [0.5, 0.6) is 0 Å². The van der Waals surface area contributed by atoms with Gasteiger partial charge in [0.15, 0.2) is 0 Å². The topological polar surface area (TPSA) is 50.4 Å². The second kappa shape index (κ2) is 7.12. The fourth-order valence-electron chi connectivity index (χ4n) is 6.16. The number of carbonyl (C=O) groups is 1. The van der Waals surface area contributed by atoms with Gasteiger partial charge in [-0.2, -0.15) is 0 Å². The minimum absolute atomic E-state index is 0.240. The summed E-state index contributed by atoms with van der Waals surface area (Å²) in [5, 5.41) is 6.97. The van der Waals surface area contributed by atoms with Gasteiger partial charge in [0.2, 0.25) is 0 Å². The molecule has 4 aliphatic rings. The van der Waals surface area contributed by atoms with Gasteiger partial charge < -0.3 is 15.4 Å². The van der Waals surface area contributed by atoms with Crippen LogP contribution in [0.3, 0.4) is 0 Å². The largest absolute Gasteiger partial charge is 0.444 e. The lowest BCUT2D eigenvalue weighted by Gasteiger charge is -2.60. The Labute approximate surface area is 163 Å². The van der Waals surface area contributed by atoms with Crippen LogP contribution >= 0.6 is 0 Å². The van der Waals surface area contributed by atoms with Crippen molar-refractivity contribution in [2.24, 2.45) is 23.2 Å². The Morgan fingerprint density at radius 1 is 1.11 bits per heavy atom. The number of hydrogen-bond donors (Lipinski definition) is 2. The summed E-state index contributed by atoms with van der Waals surface area (Å²) in [7, 11) is 0. The van der Waals surface area contributed by atoms with Gasteiger partial charge in [-0.05, 0) is 81.6 Å². The maximum absolute atomic E-state index is 12.3. The fourth-order valence-corrected chi connectivity index (χ4v) is 6.16. The third-order valence-electron chi connectivity index (χ3n) is 6.76. The standard InChI is InChI=1S/C23H34N2O2/c1-22(2,3)27-21(26)25-20-18-9-17-10-19(20)13-23(11-17,12-18)15-24-14-16-7-5-4-6-8-16/h4-8,17-20,24H,9-15H2,1-3H3,(H,25,26). The van der Waals surface area contributed by atoms with Gasteiger partial charge >= 0.3 is 6.09 Å². The second-order valence-electron chi connectivity index (χ2n) is 10.2. The molecule has 0 spiro atoms. The third-order valence-corrected chi connectivity index (χ3v) is 6.76. The van der Waals surface area contributed by atoms with Gasteiger partial charge in [-0.25, -0.2) is 4.79 Å². The van der Waals surface area contributed by atoms with E-state index < -0.39 is 5.60 Å². The molecular weight excluding hydrogens is 336 g/mol. The van der Waals surface area contributed by atoms with E-state index >= 15 is 0 Å². The normalized spacial score (nSPS) is 34.5. The Hall–Kier alpha value is -1.55. The average molecular weight is 371 g/mol.